The number of carbonyl (C=O) groups excluding carboxylic acids is 2. The molecular weight excluding hydrogens is 310 g/mol. The van der Waals surface area contributed by atoms with Gasteiger partial charge in [-0.15, -0.1) is 0 Å². The number of fused-ring (bicyclic) bond motifs is 1. The summed E-state index contributed by atoms with van der Waals surface area (Å²) in [6.45, 7) is 1.75. The van der Waals surface area contributed by atoms with Crippen molar-refractivity contribution < 1.29 is 19.1 Å². The number of pyridine rings is 1. The van der Waals surface area contributed by atoms with Crippen molar-refractivity contribution in [2.24, 2.45) is 11.7 Å². The Morgan fingerprint density at radius 3 is 2.92 bits per heavy atom. The molecule has 2 aromatic rings. The number of aromatic nitrogens is 1. The van der Waals surface area contributed by atoms with Crippen LogP contribution in [0.25, 0.3) is 10.9 Å². The minimum absolute atomic E-state index is 0.305. The maximum absolute atomic E-state index is 11.9. The van der Waals surface area contributed by atoms with Gasteiger partial charge < -0.3 is 20.1 Å². The summed E-state index contributed by atoms with van der Waals surface area (Å²) in [5.41, 5.74) is 6.62. The predicted molar refractivity (Wildman–Crippen MR) is 88.8 cm³/mol. The van der Waals surface area contributed by atoms with Crippen molar-refractivity contribution in [3.63, 3.8) is 0 Å². The molecule has 0 bridgehead atoms. The number of rotatable bonds is 3. The molecule has 3 rings (SSSR count). The van der Waals surface area contributed by atoms with Crippen LogP contribution in [0.5, 0.6) is 0 Å². The fourth-order valence-corrected chi connectivity index (χ4v) is 2.85. The van der Waals surface area contributed by atoms with Crippen LogP contribution in [0, 0.1) is 5.92 Å². The minimum Gasteiger partial charge on any atom is -0.469 e. The van der Waals surface area contributed by atoms with Crippen molar-refractivity contribution in [1.82, 2.24) is 4.98 Å². The van der Waals surface area contributed by atoms with E-state index in [4.69, 9.17) is 15.2 Å². The Morgan fingerprint density at radius 2 is 2.17 bits per heavy atom. The van der Waals surface area contributed by atoms with E-state index in [9.17, 15) is 9.59 Å². The molecule has 24 heavy (non-hydrogen) atoms. The fourth-order valence-electron chi connectivity index (χ4n) is 2.85. The molecule has 1 amide bonds. The number of ether oxygens (including phenoxy) is 2. The van der Waals surface area contributed by atoms with Gasteiger partial charge in [-0.1, -0.05) is 18.2 Å². The third kappa shape index (κ3) is 3.16. The monoisotopic (exact) mass is 329 g/mol. The van der Waals surface area contributed by atoms with E-state index in [1.165, 1.54) is 7.11 Å². The highest BCUT2D eigenvalue weighted by atomic mass is 16.5. The average Bonchev–Trinajstić information content (AvgIpc) is 2.86. The molecule has 1 unspecified atom stereocenters. The van der Waals surface area contributed by atoms with Crippen LogP contribution in [0.15, 0.2) is 30.3 Å². The predicted octanol–water partition coefficient (Wildman–Crippen LogP) is 0.959. The normalized spacial score (nSPS) is 18.2. The molecule has 1 atom stereocenters. The SMILES string of the molecule is COC(=O)C1COCCN(c2cc(C(N)=O)c3ccccc3n2)C1. The van der Waals surface area contributed by atoms with E-state index in [2.05, 4.69) is 4.98 Å². The van der Waals surface area contributed by atoms with Crippen LogP contribution in [-0.2, 0) is 14.3 Å². The first-order chi connectivity index (χ1) is 11.6. The van der Waals surface area contributed by atoms with Crippen LogP contribution in [-0.4, -0.2) is 50.3 Å². The van der Waals surface area contributed by atoms with Gasteiger partial charge in [0.05, 0.1) is 37.3 Å². The van der Waals surface area contributed by atoms with Crippen molar-refractivity contribution in [2.75, 3.05) is 38.3 Å². The first-order valence-electron chi connectivity index (χ1n) is 7.70. The molecule has 1 aromatic heterocycles. The maximum Gasteiger partial charge on any atom is 0.312 e. The quantitative estimate of drug-likeness (QED) is 0.843. The molecule has 1 saturated heterocycles. The maximum atomic E-state index is 11.9. The van der Waals surface area contributed by atoms with Gasteiger partial charge in [0, 0.05) is 18.5 Å². The smallest absolute Gasteiger partial charge is 0.312 e. The first-order valence-corrected chi connectivity index (χ1v) is 7.70. The van der Waals surface area contributed by atoms with Gasteiger partial charge in [-0.2, -0.15) is 0 Å². The minimum atomic E-state index is -0.509. The fraction of sp³-hybridized carbons (Fsp3) is 0.353. The zero-order valence-electron chi connectivity index (χ0n) is 13.4. The van der Waals surface area contributed by atoms with Crippen LogP contribution in [0.4, 0.5) is 5.82 Å². The third-order valence-corrected chi connectivity index (χ3v) is 4.09. The lowest BCUT2D eigenvalue weighted by atomic mass is 10.1. The lowest BCUT2D eigenvalue weighted by Crippen LogP contribution is -2.34. The molecule has 0 aliphatic carbocycles. The first kappa shape index (κ1) is 16.2. The highest BCUT2D eigenvalue weighted by Gasteiger charge is 2.27. The number of carbonyl (C=O) groups is 2. The number of para-hydroxylation sites is 1. The molecule has 126 valence electrons. The number of anilines is 1. The van der Waals surface area contributed by atoms with Gasteiger partial charge in [-0.05, 0) is 12.1 Å². The number of primary amides is 1. The second-order valence-electron chi connectivity index (χ2n) is 5.65. The topological polar surface area (TPSA) is 94.8 Å². The summed E-state index contributed by atoms with van der Waals surface area (Å²) in [4.78, 5) is 30.2. The second kappa shape index (κ2) is 6.84. The van der Waals surface area contributed by atoms with Gasteiger partial charge in [0.1, 0.15) is 5.82 Å². The summed E-state index contributed by atoms with van der Waals surface area (Å²) in [5, 5.41) is 0.712. The van der Waals surface area contributed by atoms with Gasteiger partial charge in [-0.3, -0.25) is 9.59 Å². The Hall–Kier alpha value is -2.67. The van der Waals surface area contributed by atoms with E-state index in [0.717, 1.165) is 0 Å². The molecule has 2 N–H and O–H groups in total. The molecule has 0 saturated carbocycles. The van der Waals surface area contributed by atoms with E-state index < -0.39 is 11.8 Å². The summed E-state index contributed by atoms with van der Waals surface area (Å²) in [7, 11) is 1.36. The van der Waals surface area contributed by atoms with Gasteiger partial charge >= 0.3 is 5.97 Å². The highest BCUT2D eigenvalue weighted by molar-refractivity contribution is 6.06. The Labute approximate surface area is 139 Å². The van der Waals surface area contributed by atoms with Gasteiger partial charge in [-0.25, -0.2) is 4.98 Å². The standard InChI is InChI=1S/C17H19N3O4/c1-23-17(22)11-9-20(6-7-24-10-11)15-8-13(16(18)21)12-4-2-3-5-14(12)19-15/h2-5,8,11H,6-7,9-10H2,1H3,(H2,18,21). The summed E-state index contributed by atoms with van der Waals surface area (Å²) in [6, 6.07) is 9.01. The van der Waals surface area contributed by atoms with Crippen molar-refractivity contribution in [1.29, 1.82) is 0 Å². The Morgan fingerprint density at radius 1 is 1.38 bits per heavy atom. The van der Waals surface area contributed by atoms with E-state index in [1.807, 2.05) is 29.2 Å². The lowest BCUT2D eigenvalue weighted by Gasteiger charge is -2.24. The van der Waals surface area contributed by atoms with Gasteiger partial charge in [0.15, 0.2) is 0 Å². The molecule has 1 aliphatic heterocycles. The molecule has 2 heterocycles. The number of amides is 1. The molecular formula is C17H19N3O4. The zero-order chi connectivity index (χ0) is 17.1. The van der Waals surface area contributed by atoms with Crippen LogP contribution in [0.3, 0.4) is 0 Å². The number of hydrogen-bond acceptors (Lipinski definition) is 6. The van der Waals surface area contributed by atoms with Crippen molar-refractivity contribution in [3.8, 4) is 0 Å². The second-order valence-corrected chi connectivity index (χ2v) is 5.65. The largest absolute Gasteiger partial charge is 0.469 e. The number of nitrogens with zero attached hydrogens (tertiary/aromatic N) is 2. The number of nitrogens with two attached hydrogens (primary N) is 1. The van der Waals surface area contributed by atoms with Crippen LogP contribution in [0.2, 0.25) is 0 Å². The summed E-state index contributed by atoms with van der Waals surface area (Å²) < 4.78 is 10.3. The third-order valence-electron chi connectivity index (χ3n) is 4.09. The van der Waals surface area contributed by atoms with Crippen LogP contribution in [0.1, 0.15) is 10.4 Å². The molecule has 1 aliphatic rings. The van der Waals surface area contributed by atoms with Crippen LogP contribution < -0.4 is 10.6 Å². The van der Waals surface area contributed by atoms with Gasteiger partial charge in [0.25, 0.3) is 0 Å². The van der Waals surface area contributed by atoms with E-state index in [1.54, 1.807) is 6.07 Å². The zero-order valence-corrected chi connectivity index (χ0v) is 13.4. The summed E-state index contributed by atoms with van der Waals surface area (Å²) in [6.07, 6.45) is 0. The number of esters is 1. The molecule has 7 heteroatoms. The summed E-state index contributed by atoms with van der Waals surface area (Å²) in [5.74, 6) is -0.632. The number of methoxy groups -OCH3 is 1. The van der Waals surface area contributed by atoms with Gasteiger partial charge in [0.2, 0.25) is 5.91 Å². The molecule has 0 radical (unpaired) electrons. The lowest BCUT2D eigenvalue weighted by molar-refractivity contribution is -0.146. The van der Waals surface area contributed by atoms with Crippen molar-refractivity contribution >= 4 is 28.6 Å². The van der Waals surface area contributed by atoms with E-state index >= 15 is 0 Å². The summed E-state index contributed by atoms with van der Waals surface area (Å²) >= 11 is 0. The molecule has 7 nitrogen and oxygen atoms in total. The number of hydrogen-bond donors (Lipinski definition) is 1. The van der Waals surface area contributed by atoms with Crippen molar-refractivity contribution in [2.45, 2.75) is 0 Å². The Balaban J connectivity index is 2.01. The Bertz CT molecular complexity index is 778. The van der Waals surface area contributed by atoms with Crippen LogP contribution >= 0.6 is 0 Å². The van der Waals surface area contributed by atoms with Crippen molar-refractivity contribution in [3.05, 3.63) is 35.9 Å². The highest BCUT2D eigenvalue weighted by Crippen LogP contribution is 2.24. The average molecular weight is 329 g/mol. The Kier molecular flexibility index (Phi) is 4.61. The number of benzene rings is 1. The molecule has 1 aromatic carbocycles. The molecule has 1 fully saturated rings. The van der Waals surface area contributed by atoms with E-state index in [0.29, 0.717) is 48.6 Å². The van der Waals surface area contributed by atoms with E-state index in [-0.39, 0.29) is 5.97 Å². The molecule has 0 spiro atoms.